The van der Waals surface area contributed by atoms with Crippen molar-refractivity contribution in [3.63, 3.8) is 0 Å². The molecular weight excluding hydrogens is 447 g/mol. The Bertz CT molecular complexity index is 934. The quantitative estimate of drug-likeness (QED) is 0.600. The summed E-state index contributed by atoms with van der Waals surface area (Å²) in [5.74, 6) is 0.203. The number of amides is 1. The van der Waals surface area contributed by atoms with Gasteiger partial charge in [-0.25, -0.2) is 0 Å². The van der Waals surface area contributed by atoms with Crippen LogP contribution in [0.25, 0.3) is 0 Å². The third kappa shape index (κ3) is 6.43. The molecule has 10 heteroatoms. The van der Waals surface area contributed by atoms with Gasteiger partial charge in [-0.3, -0.25) is 4.79 Å². The Balaban J connectivity index is 1.58. The van der Waals surface area contributed by atoms with Crippen LogP contribution < -0.4 is 20.3 Å². The van der Waals surface area contributed by atoms with Gasteiger partial charge in [-0.05, 0) is 35.9 Å². The predicted octanol–water partition coefficient (Wildman–Crippen LogP) is 4.32. The van der Waals surface area contributed by atoms with Crippen LogP contribution in [0.1, 0.15) is 17.5 Å². The van der Waals surface area contributed by atoms with Crippen LogP contribution >= 0.6 is 11.6 Å². The van der Waals surface area contributed by atoms with Crippen LogP contribution in [0.2, 0.25) is 5.02 Å². The maximum atomic E-state index is 13.6. The lowest BCUT2D eigenvalue weighted by Crippen LogP contribution is -2.36. The third-order valence-corrected chi connectivity index (χ3v) is 5.32. The number of halogens is 4. The number of nitrogens with zero attached hydrogens (tertiary/aromatic N) is 1. The minimum atomic E-state index is -4.52. The molecule has 1 aliphatic rings. The van der Waals surface area contributed by atoms with Crippen LogP contribution in [0.4, 0.5) is 24.5 Å². The first-order valence-electron chi connectivity index (χ1n) is 10.1. The molecule has 0 unspecified atom stereocenters. The fourth-order valence-electron chi connectivity index (χ4n) is 3.41. The molecule has 0 spiro atoms. The highest BCUT2D eigenvalue weighted by Crippen LogP contribution is 2.35. The second-order valence-electron chi connectivity index (χ2n) is 7.24. The van der Waals surface area contributed by atoms with E-state index in [1.54, 1.807) is 24.3 Å². The SMILES string of the molecule is COc1ccc(Cl)cc1NCCC(=O)NCc1ccc(N2CCOCC2)cc1C(F)(F)F. The fourth-order valence-corrected chi connectivity index (χ4v) is 3.58. The van der Waals surface area contributed by atoms with Crippen molar-refractivity contribution in [1.29, 1.82) is 0 Å². The highest BCUT2D eigenvalue weighted by atomic mass is 35.5. The molecule has 2 aromatic carbocycles. The first-order chi connectivity index (χ1) is 15.3. The van der Waals surface area contributed by atoms with Gasteiger partial charge in [0.1, 0.15) is 5.75 Å². The Morgan fingerprint density at radius 1 is 1.19 bits per heavy atom. The molecule has 0 aliphatic carbocycles. The molecule has 1 amide bonds. The number of carbonyl (C=O) groups is 1. The molecule has 2 aromatic rings. The van der Waals surface area contributed by atoms with Crippen LogP contribution in [0.15, 0.2) is 36.4 Å². The molecule has 1 saturated heterocycles. The van der Waals surface area contributed by atoms with E-state index >= 15 is 0 Å². The van der Waals surface area contributed by atoms with E-state index in [0.29, 0.717) is 48.5 Å². The number of benzene rings is 2. The summed E-state index contributed by atoms with van der Waals surface area (Å²) >= 11 is 5.97. The summed E-state index contributed by atoms with van der Waals surface area (Å²) in [5.41, 5.74) is 0.400. The zero-order valence-corrected chi connectivity index (χ0v) is 18.4. The Morgan fingerprint density at radius 2 is 1.94 bits per heavy atom. The van der Waals surface area contributed by atoms with Gasteiger partial charge in [-0.15, -0.1) is 0 Å². The molecule has 6 nitrogen and oxygen atoms in total. The standard InChI is InChI=1S/C22H25ClF3N3O3/c1-31-20-5-3-16(23)12-19(20)27-7-6-21(30)28-14-15-2-4-17(13-18(15)22(24,25)26)29-8-10-32-11-9-29/h2-5,12-13,27H,6-11,14H2,1H3,(H,28,30). The normalized spacial score (nSPS) is 14.2. The summed E-state index contributed by atoms with van der Waals surface area (Å²) in [6.45, 7) is 2.10. The van der Waals surface area contributed by atoms with Gasteiger partial charge in [0.2, 0.25) is 5.91 Å². The lowest BCUT2D eigenvalue weighted by Gasteiger charge is -2.29. The van der Waals surface area contributed by atoms with Gasteiger partial charge in [-0.1, -0.05) is 17.7 Å². The van der Waals surface area contributed by atoms with Crippen molar-refractivity contribution in [2.45, 2.75) is 19.1 Å². The number of hydrogen-bond donors (Lipinski definition) is 2. The van der Waals surface area contributed by atoms with Crippen molar-refractivity contribution in [1.82, 2.24) is 5.32 Å². The van der Waals surface area contributed by atoms with E-state index < -0.39 is 11.7 Å². The van der Waals surface area contributed by atoms with E-state index in [1.807, 2.05) is 4.90 Å². The van der Waals surface area contributed by atoms with Crippen molar-refractivity contribution in [3.05, 3.63) is 52.5 Å². The summed E-state index contributed by atoms with van der Waals surface area (Å²) in [5, 5.41) is 6.13. The Hall–Kier alpha value is -2.65. The van der Waals surface area contributed by atoms with Crippen LogP contribution in [-0.2, 0) is 22.3 Å². The molecule has 0 aromatic heterocycles. The highest BCUT2D eigenvalue weighted by molar-refractivity contribution is 6.30. The van der Waals surface area contributed by atoms with Crippen LogP contribution in [-0.4, -0.2) is 45.9 Å². The number of carbonyl (C=O) groups excluding carboxylic acids is 1. The summed E-state index contributed by atoms with van der Waals surface area (Å²) in [6.07, 6.45) is -4.45. The van der Waals surface area contributed by atoms with Gasteiger partial charge in [0.15, 0.2) is 0 Å². The summed E-state index contributed by atoms with van der Waals surface area (Å²) in [7, 11) is 1.52. The Kier molecular flexibility index (Phi) is 8.09. The topological polar surface area (TPSA) is 62.8 Å². The van der Waals surface area contributed by atoms with Crippen molar-refractivity contribution >= 4 is 28.9 Å². The molecule has 1 heterocycles. The van der Waals surface area contributed by atoms with Crippen molar-refractivity contribution < 1.29 is 27.4 Å². The highest BCUT2D eigenvalue weighted by Gasteiger charge is 2.34. The largest absolute Gasteiger partial charge is 0.495 e. The zero-order valence-electron chi connectivity index (χ0n) is 17.6. The summed E-state index contributed by atoms with van der Waals surface area (Å²) < 4.78 is 51.4. The average molecular weight is 472 g/mol. The minimum absolute atomic E-state index is 0.0207. The fraction of sp³-hybridized carbons (Fsp3) is 0.409. The van der Waals surface area contributed by atoms with Gasteiger partial charge < -0.3 is 25.0 Å². The molecule has 3 rings (SSSR count). The molecule has 32 heavy (non-hydrogen) atoms. The first kappa shape index (κ1) is 24.0. The lowest BCUT2D eigenvalue weighted by atomic mass is 10.0. The average Bonchev–Trinajstić information content (AvgIpc) is 2.78. The van der Waals surface area contributed by atoms with Gasteiger partial charge >= 0.3 is 6.18 Å². The molecular formula is C22H25ClF3N3O3. The first-order valence-corrected chi connectivity index (χ1v) is 10.5. The van der Waals surface area contributed by atoms with Crippen LogP contribution in [0.5, 0.6) is 5.75 Å². The maximum Gasteiger partial charge on any atom is 0.416 e. The number of anilines is 2. The second kappa shape index (κ2) is 10.8. The second-order valence-corrected chi connectivity index (χ2v) is 7.67. The molecule has 174 valence electrons. The van der Waals surface area contributed by atoms with E-state index in [-0.39, 0.29) is 31.0 Å². The summed E-state index contributed by atoms with van der Waals surface area (Å²) in [4.78, 5) is 14.0. The number of rotatable bonds is 8. The van der Waals surface area contributed by atoms with Gasteiger partial charge in [0, 0.05) is 43.3 Å². The number of morpholine rings is 1. The number of nitrogens with one attached hydrogen (secondary N) is 2. The number of hydrogen-bond acceptors (Lipinski definition) is 5. The Labute approximate surface area is 189 Å². The van der Waals surface area contributed by atoms with E-state index in [9.17, 15) is 18.0 Å². The van der Waals surface area contributed by atoms with Gasteiger partial charge in [0.05, 0.1) is 31.6 Å². The molecule has 0 radical (unpaired) electrons. The van der Waals surface area contributed by atoms with E-state index in [2.05, 4.69) is 10.6 Å². The predicted molar refractivity (Wildman–Crippen MR) is 117 cm³/mol. The molecule has 0 atom stereocenters. The molecule has 0 saturated carbocycles. The monoisotopic (exact) mass is 471 g/mol. The summed E-state index contributed by atoms with van der Waals surface area (Å²) in [6, 6.07) is 9.26. The lowest BCUT2D eigenvalue weighted by molar-refractivity contribution is -0.138. The van der Waals surface area contributed by atoms with E-state index in [0.717, 1.165) is 6.07 Å². The maximum absolute atomic E-state index is 13.6. The van der Waals surface area contributed by atoms with E-state index in [1.165, 1.54) is 13.2 Å². The smallest absolute Gasteiger partial charge is 0.416 e. The zero-order chi connectivity index (χ0) is 23.1. The molecule has 2 N–H and O–H groups in total. The van der Waals surface area contributed by atoms with Crippen LogP contribution in [0.3, 0.4) is 0 Å². The van der Waals surface area contributed by atoms with Crippen molar-refractivity contribution in [2.75, 3.05) is 50.2 Å². The number of alkyl halides is 3. The Morgan fingerprint density at radius 3 is 2.62 bits per heavy atom. The van der Waals surface area contributed by atoms with Gasteiger partial charge in [-0.2, -0.15) is 13.2 Å². The molecule has 1 aliphatic heterocycles. The number of methoxy groups -OCH3 is 1. The van der Waals surface area contributed by atoms with Crippen molar-refractivity contribution in [3.8, 4) is 5.75 Å². The van der Waals surface area contributed by atoms with Gasteiger partial charge in [0.25, 0.3) is 0 Å². The molecule has 1 fully saturated rings. The van der Waals surface area contributed by atoms with Crippen molar-refractivity contribution in [2.24, 2.45) is 0 Å². The van der Waals surface area contributed by atoms with E-state index in [4.69, 9.17) is 21.1 Å². The van der Waals surface area contributed by atoms with Crippen LogP contribution in [0, 0.1) is 0 Å². The minimum Gasteiger partial charge on any atom is -0.495 e. The third-order valence-electron chi connectivity index (χ3n) is 5.08. The number of ether oxygens (including phenoxy) is 2. The molecule has 0 bridgehead atoms.